The minimum absolute atomic E-state index is 0.0260. The molecule has 0 N–H and O–H groups in total. The molecule has 0 saturated carbocycles. The summed E-state index contributed by atoms with van der Waals surface area (Å²) in [6.07, 6.45) is 3.39. The Hall–Kier alpha value is -2.11. The Morgan fingerprint density at radius 2 is 2.12 bits per heavy atom. The molecule has 2 aromatic rings. The topological polar surface area (TPSA) is 65.6 Å². The van der Waals surface area contributed by atoms with Crippen molar-refractivity contribution in [3.8, 4) is 0 Å². The fourth-order valence-corrected chi connectivity index (χ4v) is 1.62. The van der Waals surface area contributed by atoms with Gasteiger partial charge in [0.15, 0.2) is 5.69 Å². The molecule has 0 aromatic carbocycles. The molecule has 0 aliphatic rings. The van der Waals surface area contributed by atoms with Crippen LogP contribution < -0.4 is 5.56 Å². The van der Waals surface area contributed by atoms with Crippen molar-refractivity contribution in [2.24, 2.45) is 0 Å². The maximum atomic E-state index is 11.8. The SMILES string of the molecule is COC(=O)c1cc(=O)n2ccn(C(C)C)c2n1. The third-order valence-electron chi connectivity index (χ3n) is 2.49. The van der Waals surface area contributed by atoms with Crippen LogP contribution in [0.2, 0.25) is 0 Å². The van der Waals surface area contributed by atoms with Crippen LogP contribution in [-0.4, -0.2) is 27.0 Å². The van der Waals surface area contributed by atoms with Gasteiger partial charge in [-0.05, 0) is 13.8 Å². The maximum Gasteiger partial charge on any atom is 0.357 e. The largest absolute Gasteiger partial charge is 0.464 e. The molecule has 17 heavy (non-hydrogen) atoms. The smallest absolute Gasteiger partial charge is 0.357 e. The van der Waals surface area contributed by atoms with E-state index < -0.39 is 5.97 Å². The molecular weight excluding hydrogens is 222 g/mol. The summed E-state index contributed by atoms with van der Waals surface area (Å²) in [5.74, 6) is -0.172. The molecule has 90 valence electrons. The van der Waals surface area contributed by atoms with Gasteiger partial charge in [0, 0.05) is 24.5 Å². The van der Waals surface area contributed by atoms with E-state index in [0.717, 1.165) is 0 Å². The van der Waals surface area contributed by atoms with Gasteiger partial charge in [0.2, 0.25) is 5.78 Å². The molecular formula is C11H13N3O3. The standard InChI is InChI=1S/C11H13N3O3/c1-7(2)13-4-5-14-9(15)6-8(10(16)17-3)12-11(13)14/h4-7H,1-3H3. The molecule has 0 fully saturated rings. The molecule has 2 aromatic heterocycles. The lowest BCUT2D eigenvalue weighted by atomic mass is 10.4. The first-order valence-electron chi connectivity index (χ1n) is 5.23. The third-order valence-corrected chi connectivity index (χ3v) is 2.49. The molecule has 0 atom stereocenters. The average Bonchev–Trinajstić information content (AvgIpc) is 2.72. The lowest BCUT2D eigenvalue weighted by Gasteiger charge is -2.08. The Kier molecular flexibility index (Phi) is 2.71. The normalized spacial score (nSPS) is 11.1. The molecule has 6 heteroatoms. The number of imidazole rings is 1. The Balaban J connectivity index is 2.73. The van der Waals surface area contributed by atoms with Crippen molar-refractivity contribution in [1.82, 2.24) is 14.0 Å². The summed E-state index contributed by atoms with van der Waals surface area (Å²) in [5.41, 5.74) is -0.270. The van der Waals surface area contributed by atoms with E-state index in [9.17, 15) is 9.59 Å². The van der Waals surface area contributed by atoms with Crippen LogP contribution in [0.5, 0.6) is 0 Å². The zero-order valence-corrected chi connectivity index (χ0v) is 9.88. The lowest BCUT2D eigenvalue weighted by Crippen LogP contribution is -2.18. The molecule has 6 nitrogen and oxygen atoms in total. The highest BCUT2D eigenvalue weighted by molar-refractivity contribution is 5.87. The van der Waals surface area contributed by atoms with Crippen molar-refractivity contribution in [1.29, 1.82) is 0 Å². The van der Waals surface area contributed by atoms with Crippen LogP contribution >= 0.6 is 0 Å². The Morgan fingerprint density at radius 1 is 1.41 bits per heavy atom. The summed E-state index contributed by atoms with van der Waals surface area (Å²) in [6.45, 7) is 3.94. The van der Waals surface area contributed by atoms with Gasteiger partial charge in [0.25, 0.3) is 5.56 Å². The van der Waals surface area contributed by atoms with Crippen molar-refractivity contribution in [3.63, 3.8) is 0 Å². The van der Waals surface area contributed by atoms with Gasteiger partial charge in [-0.2, -0.15) is 0 Å². The number of carbonyl (C=O) groups is 1. The zero-order chi connectivity index (χ0) is 12.6. The molecule has 0 amide bonds. The van der Waals surface area contributed by atoms with E-state index in [4.69, 9.17) is 0 Å². The van der Waals surface area contributed by atoms with E-state index in [1.165, 1.54) is 17.6 Å². The maximum absolute atomic E-state index is 11.8. The highest BCUT2D eigenvalue weighted by atomic mass is 16.5. The number of nitrogens with zero attached hydrogens (tertiary/aromatic N) is 3. The van der Waals surface area contributed by atoms with Gasteiger partial charge in [-0.3, -0.25) is 9.20 Å². The molecule has 0 saturated heterocycles. The van der Waals surface area contributed by atoms with Crippen LogP contribution in [0.4, 0.5) is 0 Å². The molecule has 0 spiro atoms. The molecule has 2 heterocycles. The lowest BCUT2D eigenvalue weighted by molar-refractivity contribution is 0.0594. The molecule has 0 aliphatic heterocycles. The summed E-state index contributed by atoms with van der Waals surface area (Å²) in [6, 6.07) is 1.32. The number of ether oxygens (including phenoxy) is 1. The van der Waals surface area contributed by atoms with E-state index >= 15 is 0 Å². The van der Waals surface area contributed by atoms with Gasteiger partial charge in [-0.15, -0.1) is 0 Å². The number of methoxy groups -OCH3 is 1. The second kappa shape index (κ2) is 4.04. The van der Waals surface area contributed by atoms with Crippen molar-refractivity contribution in [3.05, 3.63) is 34.5 Å². The second-order valence-electron chi connectivity index (χ2n) is 3.94. The quantitative estimate of drug-likeness (QED) is 0.724. The van der Waals surface area contributed by atoms with Crippen molar-refractivity contribution in [2.75, 3.05) is 7.11 Å². The number of carbonyl (C=O) groups excluding carboxylic acids is 1. The monoisotopic (exact) mass is 235 g/mol. The first kappa shape index (κ1) is 11.4. The van der Waals surface area contributed by atoms with Crippen LogP contribution in [0.3, 0.4) is 0 Å². The average molecular weight is 235 g/mol. The molecule has 0 unspecified atom stereocenters. The van der Waals surface area contributed by atoms with Crippen LogP contribution in [0, 0.1) is 0 Å². The Labute approximate surface area is 97.5 Å². The first-order chi connectivity index (χ1) is 8.04. The summed E-state index contributed by atoms with van der Waals surface area (Å²) in [5, 5.41) is 0. The van der Waals surface area contributed by atoms with E-state index in [-0.39, 0.29) is 17.3 Å². The predicted molar refractivity (Wildman–Crippen MR) is 61.2 cm³/mol. The fourth-order valence-electron chi connectivity index (χ4n) is 1.62. The summed E-state index contributed by atoms with van der Waals surface area (Å²) >= 11 is 0. The molecule has 2 rings (SSSR count). The number of rotatable bonds is 2. The number of esters is 1. The Bertz CT molecular complexity index is 624. The second-order valence-corrected chi connectivity index (χ2v) is 3.94. The zero-order valence-electron chi connectivity index (χ0n) is 9.88. The van der Waals surface area contributed by atoms with Gasteiger partial charge < -0.3 is 9.30 Å². The van der Waals surface area contributed by atoms with Crippen LogP contribution in [-0.2, 0) is 4.74 Å². The van der Waals surface area contributed by atoms with E-state index in [0.29, 0.717) is 5.78 Å². The third kappa shape index (κ3) is 1.82. The molecule has 0 aliphatic carbocycles. The summed E-state index contributed by atoms with van der Waals surface area (Å²) in [4.78, 5) is 27.3. The van der Waals surface area contributed by atoms with Gasteiger partial charge in [-0.1, -0.05) is 0 Å². The highest BCUT2D eigenvalue weighted by Gasteiger charge is 2.13. The van der Waals surface area contributed by atoms with Crippen LogP contribution in [0.15, 0.2) is 23.3 Å². The minimum Gasteiger partial charge on any atom is -0.464 e. The van der Waals surface area contributed by atoms with E-state index in [1.807, 2.05) is 18.4 Å². The number of fused-ring (bicyclic) bond motifs is 1. The summed E-state index contributed by atoms with van der Waals surface area (Å²) in [7, 11) is 1.26. The number of hydrogen-bond acceptors (Lipinski definition) is 4. The van der Waals surface area contributed by atoms with Crippen molar-refractivity contribution >= 4 is 11.7 Å². The van der Waals surface area contributed by atoms with Gasteiger partial charge in [0.1, 0.15) is 0 Å². The predicted octanol–water partition coefficient (Wildman–Crippen LogP) is 0.863. The number of aromatic nitrogens is 3. The fraction of sp³-hybridized carbons (Fsp3) is 0.364. The van der Waals surface area contributed by atoms with Crippen LogP contribution in [0.25, 0.3) is 5.78 Å². The number of hydrogen-bond donors (Lipinski definition) is 0. The van der Waals surface area contributed by atoms with Gasteiger partial charge in [0.05, 0.1) is 7.11 Å². The summed E-state index contributed by atoms with van der Waals surface area (Å²) < 4.78 is 7.77. The highest BCUT2D eigenvalue weighted by Crippen LogP contribution is 2.09. The Morgan fingerprint density at radius 3 is 2.71 bits per heavy atom. The minimum atomic E-state index is -0.610. The van der Waals surface area contributed by atoms with Crippen LogP contribution in [0.1, 0.15) is 30.4 Å². The molecule has 0 radical (unpaired) electrons. The first-order valence-corrected chi connectivity index (χ1v) is 5.23. The van der Waals surface area contributed by atoms with E-state index in [2.05, 4.69) is 9.72 Å². The molecule has 0 bridgehead atoms. The van der Waals surface area contributed by atoms with Gasteiger partial charge in [-0.25, -0.2) is 9.78 Å². The van der Waals surface area contributed by atoms with Crippen molar-refractivity contribution < 1.29 is 9.53 Å². The van der Waals surface area contributed by atoms with Crippen molar-refractivity contribution in [2.45, 2.75) is 19.9 Å². The van der Waals surface area contributed by atoms with E-state index in [1.54, 1.807) is 12.4 Å². The van der Waals surface area contributed by atoms with Gasteiger partial charge >= 0.3 is 5.97 Å².